The van der Waals surface area contributed by atoms with Crippen LogP contribution in [0.4, 0.5) is 0 Å². The van der Waals surface area contributed by atoms with Crippen molar-refractivity contribution in [3.63, 3.8) is 0 Å². The highest BCUT2D eigenvalue weighted by Crippen LogP contribution is 2.19. The Balaban J connectivity index is 0.00000176. The van der Waals surface area contributed by atoms with Crippen LogP contribution in [0.5, 0.6) is 0 Å². The first kappa shape index (κ1) is 16.1. The number of amides is 1. The molecule has 0 radical (unpaired) electrons. The van der Waals surface area contributed by atoms with E-state index in [0.717, 1.165) is 0 Å². The molecular weight excluding hydrogens is 310 g/mol. The van der Waals surface area contributed by atoms with Gasteiger partial charge in [-0.3, -0.25) is 14.2 Å². The number of halogens is 1. The normalized spacial score (nSPS) is 17.0. The molecule has 0 fully saturated rings. The molecule has 2 aromatic rings. The van der Waals surface area contributed by atoms with Gasteiger partial charge < -0.3 is 10.5 Å². The van der Waals surface area contributed by atoms with Crippen molar-refractivity contribution < 1.29 is 9.53 Å². The van der Waals surface area contributed by atoms with E-state index in [1.807, 2.05) is 0 Å². The van der Waals surface area contributed by atoms with Crippen LogP contribution in [0.25, 0.3) is 11.4 Å². The standard InChI is InChI=1S/C13H13N5O3.ClH/c14-12(20)8-6-21-4-3-18-11(19)5-10(17-13(8)18)9-1-2-15-7-16-9;/h1-2,5,7-8H,3-4,6H2,(H2,14,20);1H. The molecule has 1 atom stereocenters. The molecule has 0 bridgehead atoms. The summed E-state index contributed by atoms with van der Waals surface area (Å²) in [5, 5.41) is 0. The van der Waals surface area contributed by atoms with Crippen molar-refractivity contribution >= 4 is 18.3 Å². The monoisotopic (exact) mass is 323 g/mol. The van der Waals surface area contributed by atoms with Gasteiger partial charge in [-0.2, -0.15) is 0 Å². The number of hydrogen-bond donors (Lipinski definition) is 1. The van der Waals surface area contributed by atoms with Crippen molar-refractivity contribution in [2.24, 2.45) is 5.73 Å². The van der Waals surface area contributed by atoms with Gasteiger partial charge in [0.1, 0.15) is 18.1 Å². The lowest BCUT2D eigenvalue weighted by molar-refractivity contribution is -0.120. The number of primary amides is 1. The minimum atomic E-state index is -0.748. The van der Waals surface area contributed by atoms with Gasteiger partial charge in [0.25, 0.3) is 5.56 Å². The maximum Gasteiger partial charge on any atom is 0.254 e. The molecule has 1 unspecified atom stereocenters. The highest BCUT2D eigenvalue weighted by Gasteiger charge is 2.27. The number of fused-ring (bicyclic) bond motifs is 1. The third-order valence-electron chi connectivity index (χ3n) is 3.28. The van der Waals surface area contributed by atoms with E-state index < -0.39 is 11.8 Å². The Hall–Kier alpha value is -2.32. The SMILES string of the molecule is Cl.NC(=O)C1COCCn2c1nc(-c1ccncn1)cc2=O. The fraction of sp³-hybridized carbons (Fsp3) is 0.308. The number of nitrogens with two attached hydrogens (primary N) is 1. The van der Waals surface area contributed by atoms with Crippen molar-refractivity contribution in [1.29, 1.82) is 0 Å². The van der Waals surface area contributed by atoms with E-state index in [1.54, 1.807) is 12.3 Å². The van der Waals surface area contributed by atoms with Crippen LogP contribution in [0.1, 0.15) is 11.7 Å². The van der Waals surface area contributed by atoms with E-state index in [1.165, 1.54) is 17.0 Å². The zero-order valence-electron chi connectivity index (χ0n) is 11.5. The number of rotatable bonds is 2. The number of hydrogen-bond acceptors (Lipinski definition) is 6. The maximum absolute atomic E-state index is 12.3. The summed E-state index contributed by atoms with van der Waals surface area (Å²) in [5.74, 6) is -1.000. The van der Waals surface area contributed by atoms with E-state index in [4.69, 9.17) is 10.5 Å². The van der Waals surface area contributed by atoms with Crippen LogP contribution in [-0.2, 0) is 16.1 Å². The van der Waals surface area contributed by atoms with E-state index in [-0.39, 0.29) is 24.6 Å². The Labute approximate surface area is 131 Å². The second-order valence-electron chi connectivity index (χ2n) is 4.61. The molecule has 0 saturated heterocycles. The Morgan fingerprint density at radius 1 is 1.41 bits per heavy atom. The first-order chi connectivity index (χ1) is 10.2. The van der Waals surface area contributed by atoms with Crippen LogP contribution in [0.3, 0.4) is 0 Å². The van der Waals surface area contributed by atoms with Crippen LogP contribution in [-0.4, -0.2) is 38.6 Å². The van der Waals surface area contributed by atoms with E-state index >= 15 is 0 Å². The topological polar surface area (TPSA) is 113 Å². The molecule has 1 amide bonds. The van der Waals surface area contributed by atoms with Crippen molar-refractivity contribution in [3.8, 4) is 11.4 Å². The largest absolute Gasteiger partial charge is 0.378 e. The predicted octanol–water partition coefficient (Wildman–Crippen LogP) is -0.279. The van der Waals surface area contributed by atoms with E-state index in [9.17, 15) is 9.59 Å². The van der Waals surface area contributed by atoms with Gasteiger partial charge in [0.2, 0.25) is 5.91 Å². The lowest BCUT2D eigenvalue weighted by atomic mass is 10.1. The summed E-state index contributed by atoms with van der Waals surface area (Å²) < 4.78 is 6.75. The number of carbonyl (C=O) groups is 1. The molecule has 116 valence electrons. The molecule has 9 heteroatoms. The van der Waals surface area contributed by atoms with Crippen molar-refractivity contribution in [1.82, 2.24) is 19.5 Å². The van der Waals surface area contributed by atoms with Crippen molar-refractivity contribution in [2.75, 3.05) is 13.2 Å². The maximum atomic E-state index is 12.3. The lowest BCUT2D eigenvalue weighted by Crippen LogP contribution is -2.32. The average molecular weight is 324 g/mol. The number of carbonyl (C=O) groups excluding carboxylic acids is 1. The summed E-state index contributed by atoms with van der Waals surface area (Å²) in [6.45, 7) is 0.801. The van der Waals surface area contributed by atoms with Gasteiger partial charge in [0.15, 0.2) is 0 Å². The highest BCUT2D eigenvalue weighted by molar-refractivity contribution is 5.85. The minimum absolute atomic E-state index is 0. The summed E-state index contributed by atoms with van der Waals surface area (Å²) in [4.78, 5) is 36.1. The van der Waals surface area contributed by atoms with E-state index in [2.05, 4.69) is 15.0 Å². The van der Waals surface area contributed by atoms with Gasteiger partial charge in [-0.05, 0) is 6.07 Å². The van der Waals surface area contributed by atoms with Gasteiger partial charge in [-0.15, -0.1) is 12.4 Å². The Morgan fingerprint density at radius 3 is 2.91 bits per heavy atom. The predicted molar refractivity (Wildman–Crippen MR) is 79.5 cm³/mol. The fourth-order valence-electron chi connectivity index (χ4n) is 2.23. The molecule has 0 saturated carbocycles. The van der Waals surface area contributed by atoms with Crippen LogP contribution < -0.4 is 11.3 Å². The first-order valence-corrected chi connectivity index (χ1v) is 6.42. The molecule has 0 aliphatic carbocycles. The van der Waals surface area contributed by atoms with Gasteiger partial charge in [-0.1, -0.05) is 0 Å². The third-order valence-corrected chi connectivity index (χ3v) is 3.28. The lowest BCUT2D eigenvalue weighted by Gasteiger charge is -2.14. The Kier molecular flexibility index (Phi) is 4.84. The van der Waals surface area contributed by atoms with Gasteiger partial charge in [0, 0.05) is 12.3 Å². The molecule has 0 aromatic carbocycles. The van der Waals surface area contributed by atoms with Gasteiger partial charge >= 0.3 is 0 Å². The summed E-state index contributed by atoms with van der Waals surface area (Å²) in [6, 6.07) is 3.03. The number of ether oxygens (including phenoxy) is 1. The minimum Gasteiger partial charge on any atom is -0.378 e. The van der Waals surface area contributed by atoms with Crippen molar-refractivity contribution in [3.05, 3.63) is 40.8 Å². The second kappa shape index (κ2) is 6.63. The zero-order valence-corrected chi connectivity index (χ0v) is 12.3. The highest BCUT2D eigenvalue weighted by atomic mass is 35.5. The second-order valence-corrected chi connectivity index (χ2v) is 4.61. The average Bonchev–Trinajstić information content (AvgIpc) is 2.71. The summed E-state index contributed by atoms with van der Waals surface area (Å²) in [5.41, 5.74) is 6.03. The molecule has 3 heterocycles. The molecule has 2 aromatic heterocycles. The molecule has 3 rings (SSSR count). The molecule has 8 nitrogen and oxygen atoms in total. The molecule has 1 aliphatic heterocycles. The van der Waals surface area contributed by atoms with Crippen molar-refractivity contribution in [2.45, 2.75) is 12.5 Å². The van der Waals surface area contributed by atoms with Crippen LogP contribution >= 0.6 is 12.4 Å². The van der Waals surface area contributed by atoms with E-state index in [0.29, 0.717) is 30.4 Å². The molecular formula is C13H14ClN5O3. The molecule has 2 N–H and O–H groups in total. The van der Waals surface area contributed by atoms with Crippen LogP contribution in [0.15, 0.2) is 29.5 Å². The van der Waals surface area contributed by atoms with Gasteiger partial charge in [-0.25, -0.2) is 15.0 Å². The first-order valence-electron chi connectivity index (χ1n) is 6.42. The van der Waals surface area contributed by atoms with Crippen LogP contribution in [0.2, 0.25) is 0 Å². The van der Waals surface area contributed by atoms with Gasteiger partial charge in [0.05, 0.1) is 31.1 Å². The zero-order chi connectivity index (χ0) is 14.8. The molecule has 1 aliphatic rings. The summed E-state index contributed by atoms with van der Waals surface area (Å²) in [6.07, 6.45) is 2.93. The molecule has 0 spiro atoms. The quantitative estimate of drug-likeness (QED) is 0.813. The smallest absolute Gasteiger partial charge is 0.254 e. The molecule has 22 heavy (non-hydrogen) atoms. The Bertz CT molecular complexity index is 734. The summed E-state index contributed by atoms with van der Waals surface area (Å²) in [7, 11) is 0. The Morgan fingerprint density at radius 2 is 2.23 bits per heavy atom. The number of aromatic nitrogens is 4. The fourth-order valence-corrected chi connectivity index (χ4v) is 2.23. The third kappa shape index (κ3) is 2.97. The summed E-state index contributed by atoms with van der Waals surface area (Å²) >= 11 is 0. The van der Waals surface area contributed by atoms with Crippen LogP contribution in [0, 0.1) is 0 Å². The number of nitrogens with zero attached hydrogens (tertiary/aromatic N) is 4.